The molecule has 1 aromatic carbocycles. The van der Waals surface area contributed by atoms with Gasteiger partial charge in [-0.25, -0.2) is 8.78 Å². The summed E-state index contributed by atoms with van der Waals surface area (Å²) >= 11 is 0.938. The van der Waals surface area contributed by atoms with E-state index in [0.29, 0.717) is 5.89 Å². The summed E-state index contributed by atoms with van der Waals surface area (Å²) in [5.74, 6) is -2.21. The smallest absolute Gasteiger partial charge is 0.277 e. The molecule has 0 saturated heterocycles. The van der Waals surface area contributed by atoms with Gasteiger partial charge in [-0.15, -0.1) is 10.2 Å². The lowest BCUT2D eigenvalue weighted by Gasteiger charge is -2.02. The molecule has 0 spiro atoms. The van der Waals surface area contributed by atoms with Crippen LogP contribution in [0.4, 0.5) is 8.78 Å². The highest BCUT2D eigenvalue weighted by Crippen LogP contribution is 2.20. The van der Waals surface area contributed by atoms with Gasteiger partial charge in [0.25, 0.3) is 5.22 Å². The summed E-state index contributed by atoms with van der Waals surface area (Å²) in [6, 6.07) is 3.28. The van der Waals surface area contributed by atoms with Crippen LogP contribution in [0.5, 0.6) is 0 Å². The van der Waals surface area contributed by atoms with Gasteiger partial charge in [0, 0.05) is 6.92 Å². The fraction of sp³-hybridized carbons (Fsp3) is 0.182. The molecule has 18 heavy (non-hydrogen) atoms. The lowest BCUT2D eigenvalue weighted by atomic mass is 10.1. The number of nitrogens with zero attached hydrogens (tertiary/aromatic N) is 2. The predicted octanol–water partition coefficient (Wildman–Crippen LogP) is 2.63. The molecule has 0 aliphatic heterocycles. The first-order valence-electron chi connectivity index (χ1n) is 4.98. The molecule has 0 bridgehead atoms. The van der Waals surface area contributed by atoms with Gasteiger partial charge in [0.1, 0.15) is 11.6 Å². The third-order valence-corrected chi connectivity index (χ3v) is 2.89. The minimum atomic E-state index is -0.873. The lowest BCUT2D eigenvalue weighted by Crippen LogP contribution is -2.08. The van der Waals surface area contributed by atoms with Gasteiger partial charge < -0.3 is 4.42 Å². The molecular weight excluding hydrogens is 262 g/mol. The van der Waals surface area contributed by atoms with E-state index in [1.165, 1.54) is 6.07 Å². The second-order valence-electron chi connectivity index (χ2n) is 3.40. The van der Waals surface area contributed by atoms with Crippen molar-refractivity contribution in [1.29, 1.82) is 0 Å². The first-order chi connectivity index (χ1) is 8.58. The number of carbonyl (C=O) groups is 1. The summed E-state index contributed by atoms with van der Waals surface area (Å²) in [6.45, 7) is 1.61. The van der Waals surface area contributed by atoms with E-state index in [1.807, 2.05) is 0 Å². The quantitative estimate of drug-likeness (QED) is 0.631. The highest BCUT2D eigenvalue weighted by Gasteiger charge is 2.18. The summed E-state index contributed by atoms with van der Waals surface area (Å²) in [5, 5.41) is 7.43. The van der Waals surface area contributed by atoms with E-state index in [2.05, 4.69) is 10.2 Å². The largest absolute Gasteiger partial charge is 0.416 e. The van der Waals surface area contributed by atoms with Gasteiger partial charge in [-0.2, -0.15) is 0 Å². The number of thioether (sulfide) groups is 1. The molecule has 0 saturated carbocycles. The summed E-state index contributed by atoms with van der Waals surface area (Å²) in [6.07, 6.45) is 0. The second-order valence-corrected chi connectivity index (χ2v) is 4.32. The fourth-order valence-electron chi connectivity index (χ4n) is 1.30. The van der Waals surface area contributed by atoms with Crippen LogP contribution in [0.3, 0.4) is 0 Å². The topological polar surface area (TPSA) is 56.0 Å². The van der Waals surface area contributed by atoms with Crippen LogP contribution in [0, 0.1) is 18.6 Å². The maximum atomic E-state index is 13.3. The Morgan fingerprint density at radius 3 is 2.56 bits per heavy atom. The van der Waals surface area contributed by atoms with E-state index in [1.54, 1.807) is 6.92 Å². The van der Waals surface area contributed by atoms with Gasteiger partial charge in [0.2, 0.25) is 5.89 Å². The highest BCUT2D eigenvalue weighted by atomic mass is 32.2. The van der Waals surface area contributed by atoms with E-state index in [0.717, 1.165) is 23.9 Å². The number of ketones is 1. The summed E-state index contributed by atoms with van der Waals surface area (Å²) in [4.78, 5) is 11.7. The van der Waals surface area contributed by atoms with E-state index in [-0.39, 0.29) is 11.0 Å². The van der Waals surface area contributed by atoms with Gasteiger partial charge in [-0.1, -0.05) is 17.8 Å². The first kappa shape index (κ1) is 12.7. The molecule has 0 amide bonds. The van der Waals surface area contributed by atoms with Crippen molar-refractivity contribution in [2.24, 2.45) is 0 Å². The Bertz CT molecular complexity index is 566. The molecule has 0 aliphatic rings. The molecular formula is C11H8F2N2O2S. The van der Waals surface area contributed by atoms with E-state index in [9.17, 15) is 13.6 Å². The number of carbonyl (C=O) groups excluding carboxylic acids is 1. The summed E-state index contributed by atoms with van der Waals surface area (Å²) < 4.78 is 31.6. The molecule has 0 atom stereocenters. The number of halogens is 2. The summed E-state index contributed by atoms with van der Waals surface area (Å²) in [7, 11) is 0. The predicted molar refractivity (Wildman–Crippen MR) is 60.4 cm³/mol. The van der Waals surface area contributed by atoms with Crippen molar-refractivity contribution < 1.29 is 18.0 Å². The molecule has 0 aliphatic carbocycles. The van der Waals surface area contributed by atoms with Crippen LogP contribution in [0.1, 0.15) is 16.2 Å². The zero-order chi connectivity index (χ0) is 13.1. The van der Waals surface area contributed by atoms with Gasteiger partial charge in [-0.05, 0) is 12.1 Å². The molecule has 0 radical (unpaired) electrons. The van der Waals surface area contributed by atoms with Gasteiger partial charge in [-0.3, -0.25) is 4.79 Å². The zero-order valence-electron chi connectivity index (χ0n) is 9.31. The maximum absolute atomic E-state index is 13.3. The molecule has 94 valence electrons. The number of hydrogen-bond acceptors (Lipinski definition) is 5. The Labute approximate surface area is 105 Å². The molecule has 1 aromatic heterocycles. The Morgan fingerprint density at radius 2 is 2.00 bits per heavy atom. The van der Waals surface area contributed by atoms with E-state index in [4.69, 9.17) is 4.42 Å². The van der Waals surface area contributed by atoms with Crippen molar-refractivity contribution in [2.45, 2.75) is 12.1 Å². The Hall–Kier alpha value is -1.76. The van der Waals surface area contributed by atoms with Crippen molar-refractivity contribution in [3.05, 3.63) is 41.3 Å². The van der Waals surface area contributed by atoms with Crippen LogP contribution < -0.4 is 0 Å². The number of benzene rings is 1. The highest BCUT2D eigenvalue weighted by molar-refractivity contribution is 7.99. The third kappa shape index (κ3) is 2.73. The lowest BCUT2D eigenvalue weighted by molar-refractivity contribution is 0.101. The standard InChI is InChI=1S/C11H8F2N2O2S/c1-6-14-15-11(17-6)18-5-9(16)10-7(12)3-2-4-8(10)13/h2-4H,5H2,1H3. The van der Waals surface area contributed by atoms with Crippen molar-refractivity contribution >= 4 is 17.5 Å². The number of aryl methyl sites for hydroxylation is 1. The minimum Gasteiger partial charge on any atom is -0.416 e. The van der Waals surface area contributed by atoms with Crippen LogP contribution >= 0.6 is 11.8 Å². The third-order valence-electron chi connectivity index (χ3n) is 2.08. The summed E-state index contributed by atoms with van der Waals surface area (Å²) in [5.41, 5.74) is -0.541. The second kappa shape index (κ2) is 5.26. The molecule has 0 unspecified atom stereocenters. The number of aromatic nitrogens is 2. The minimum absolute atomic E-state index is 0.167. The van der Waals surface area contributed by atoms with Crippen molar-refractivity contribution in [3.63, 3.8) is 0 Å². The van der Waals surface area contributed by atoms with Gasteiger partial charge in [0.05, 0.1) is 11.3 Å². The van der Waals surface area contributed by atoms with E-state index >= 15 is 0 Å². The van der Waals surface area contributed by atoms with Crippen molar-refractivity contribution in [2.75, 3.05) is 5.75 Å². The number of Topliss-reactive ketones (excluding diaryl/α,β-unsaturated/α-hetero) is 1. The average molecular weight is 270 g/mol. The molecule has 4 nitrogen and oxygen atoms in total. The van der Waals surface area contributed by atoms with Crippen LogP contribution in [-0.2, 0) is 0 Å². The monoisotopic (exact) mass is 270 g/mol. The van der Waals surface area contributed by atoms with Crippen LogP contribution in [-0.4, -0.2) is 21.7 Å². The molecule has 1 heterocycles. The first-order valence-corrected chi connectivity index (χ1v) is 5.96. The van der Waals surface area contributed by atoms with Gasteiger partial charge >= 0.3 is 0 Å². The number of rotatable bonds is 4. The Morgan fingerprint density at radius 1 is 1.33 bits per heavy atom. The fourth-order valence-corrected chi connectivity index (χ4v) is 1.98. The van der Waals surface area contributed by atoms with Crippen molar-refractivity contribution in [3.8, 4) is 0 Å². The zero-order valence-corrected chi connectivity index (χ0v) is 10.1. The SMILES string of the molecule is Cc1nnc(SCC(=O)c2c(F)cccc2F)o1. The molecule has 2 rings (SSSR count). The van der Waals surface area contributed by atoms with Gasteiger partial charge in [0.15, 0.2) is 5.78 Å². The van der Waals surface area contributed by atoms with Crippen molar-refractivity contribution in [1.82, 2.24) is 10.2 Å². The Kier molecular flexibility index (Phi) is 3.71. The maximum Gasteiger partial charge on any atom is 0.277 e. The normalized spacial score (nSPS) is 10.6. The Balaban J connectivity index is 2.08. The molecule has 7 heteroatoms. The van der Waals surface area contributed by atoms with Crippen LogP contribution in [0.15, 0.2) is 27.8 Å². The molecule has 0 fully saturated rings. The molecule has 0 N–H and O–H groups in total. The van der Waals surface area contributed by atoms with Crippen LogP contribution in [0.25, 0.3) is 0 Å². The van der Waals surface area contributed by atoms with E-state index < -0.39 is 23.0 Å². The number of hydrogen-bond donors (Lipinski definition) is 0. The molecule has 2 aromatic rings. The van der Waals surface area contributed by atoms with Crippen LogP contribution in [0.2, 0.25) is 0 Å². The average Bonchev–Trinajstić information content (AvgIpc) is 2.72.